The van der Waals surface area contributed by atoms with E-state index in [1.54, 1.807) is 0 Å². The van der Waals surface area contributed by atoms with Crippen LogP contribution in [0.15, 0.2) is 0 Å². The zero-order valence-electron chi connectivity index (χ0n) is 13.2. The van der Waals surface area contributed by atoms with Crippen LogP contribution in [0, 0.1) is 0 Å². The van der Waals surface area contributed by atoms with Gasteiger partial charge in [-0.25, -0.2) is 0 Å². The topological polar surface area (TPSA) is 47.1 Å². The molecule has 0 bridgehead atoms. The minimum atomic E-state index is 0.374. The van der Waals surface area contributed by atoms with Gasteiger partial charge in [-0.2, -0.15) is 5.10 Å². The number of anilines is 2. The Bertz CT molecular complexity index is 374. The maximum atomic E-state index is 6.32. The molecule has 0 atom stereocenters. The van der Waals surface area contributed by atoms with Crippen molar-refractivity contribution in [2.45, 2.75) is 59.3 Å². The summed E-state index contributed by atoms with van der Waals surface area (Å²) in [6.45, 7) is 10.9. The summed E-state index contributed by atoms with van der Waals surface area (Å²) in [6.07, 6.45) is 4.81. The van der Waals surface area contributed by atoms with Crippen molar-refractivity contribution in [2.75, 3.05) is 23.7 Å². The Balaban J connectivity index is 2.99. The highest BCUT2D eigenvalue weighted by atomic mass is 15.4. The standard InChI is InChI=1S/C15H30N4/c1-6-8-10-19(11-9-7-2)15-13(16)14(12(3)4)17-18(15)5/h12H,6-11,16H2,1-5H3. The number of rotatable bonds is 8. The Labute approximate surface area is 118 Å². The third-order valence-electron chi connectivity index (χ3n) is 3.49. The second-order valence-corrected chi connectivity index (χ2v) is 5.59. The van der Waals surface area contributed by atoms with Gasteiger partial charge in [0.25, 0.3) is 0 Å². The highest BCUT2D eigenvalue weighted by Crippen LogP contribution is 2.31. The molecule has 0 aliphatic heterocycles. The summed E-state index contributed by atoms with van der Waals surface area (Å²) in [7, 11) is 2.00. The molecule has 0 spiro atoms. The van der Waals surface area contributed by atoms with Crippen LogP contribution in [0.25, 0.3) is 0 Å². The summed E-state index contributed by atoms with van der Waals surface area (Å²) in [5.74, 6) is 1.48. The van der Waals surface area contributed by atoms with E-state index in [0.717, 1.165) is 30.3 Å². The van der Waals surface area contributed by atoms with E-state index in [2.05, 4.69) is 37.7 Å². The lowest BCUT2D eigenvalue weighted by atomic mass is 10.1. The van der Waals surface area contributed by atoms with Crippen molar-refractivity contribution in [3.8, 4) is 0 Å². The molecule has 110 valence electrons. The molecule has 1 aromatic rings. The molecule has 4 heteroatoms. The number of nitrogens with zero attached hydrogens (tertiary/aromatic N) is 3. The first kappa shape index (κ1) is 15.9. The summed E-state index contributed by atoms with van der Waals surface area (Å²) >= 11 is 0. The molecule has 0 aromatic carbocycles. The molecule has 0 saturated carbocycles. The molecular weight excluding hydrogens is 236 g/mol. The van der Waals surface area contributed by atoms with Crippen molar-refractivity contribution in [3.05, 3.63) is 5.69 Å². The summed E-state index contributed by atoms with van der Waals surface area (Å²) in [4.78, 5) is 2.40. The predicted octanol–water partition coefficient (Wildman–Crippen LogP) is 3.53. The van der Waals surface area contributed by atoms with Crippen molar-refractivity contribution in [2.24, 2.45) is 7.05 Å². The van der Waals surface area contributed by atoms with E-state index in [0.29, 0.717) is 5.92 Å². The Hall–Kier alpha value is -1.19. The van der Waals surface area contributed by atoms with Crippen molar-refractivity contribution in [1.29, 1.82) is 0 Å². The van der Waals surface area contributed by atoms with Crippen molar-refractivity contribution >= 4 is 11.5 Å². The lowest BCUT2D eigenvalue weighted by molar-refractivity contribution is 0.638. The van der Waals surface area contributed by atoms with E-state index in [1.807, 2.05) is 11.7 Å². The summed E-state index contributed by atoms with van der Waals surface area (Å²) in [5, 5.41) is 4.60. The van der Waals surface area contributed by atoms with E-state index >= 15 is 0 Å². The average molecular weight is 266 g/mol. The Morgan fingerprint density at radius 3 is 2.05 bits per heavy atom. The van der Waals surface area contributed by atoms with Gasteiger partial charge >= 0.3 is 0 Å². The summed E-state index contributed by atoms with van der Waals surface area (Å²) in [6, 6.07) is 0. The van der Waals surface area contributed by atoms with E-state index in [1.165, 1.54) is 25.7 Å². The minimum absolute atomic E-state index is 0.374. The number of aryl methyl sites for hydroxylation is 1. The first-order chi connectivity index (χ1) is 9.02. The molecule has 0 unspecified atom stereocenters. The quantitative estimate of drug-likeness (QED) is 0.783. The van der Waals surface area contributed by atoms with Crippen LogP contribution in [0.3, 0.4) is 0 Å². The molecule has 0 fully saturated rings. The highest BCUT2D eigenvalue weighted by Gasteiger charge is 2.20. The Morgan fingerprint density at radius 1 is 1.16 bits per heavy atom. The van der Waals surface area contributed by atoms with Gasteiger partial charge in [0, 0.05) is 20.1 Å². The lowest BCUT2D eigenvalue weighted by Crippen LogP contribution is -2.28. The SMILES string of the molecule is CCCCN(CCCC)c1c(N)c(C(C)C)nn1C. The van der Waals surface area contributed by atoms with E-state index in [9.17, 15) is 0 Å². The number of nitrogens with two attached hydrogens (primary N) is 1. The molecule has 0 radical (unpaired) electrons. The molecule has 0 aliphatic rings. The van der Waals surface area contributed by atoms with Crippen LogP contribution in [0.4, 0.5) is 11.5 Å². The fourth-order valence-corrected chi connectivity index (χ4v) is 2.37. The van der Waals surface area contributed by atoms with Gasteiger partial charge in [-0.05, 0) is 18.8 Å². The molecule has 4 nitrogen and oxygen atoms in total. The van der Waals surface area contributed by atoms with Gasteiger partial charge in [-0.1, -0.05) is 40.5 Å². The molecule has 19 heavy (non-hydrogen) atoms. The summed E-state index contributed by atoms with van der Waals surface area (Å²) < 4.78 is 1.95. The smallest absolute Gasteiger partial charge is 0.150 e. The Morgan fingerprint density at radius 2 is 1.68 bits per heavy atom. The van der Waals surface area contributed by atoms with Crippen LogP contribution in [0.2, 0.25) is 0 Å². The largest absolute Gasteiger partial charge is 0.394 e. The number of aromatic nitrogens is 2. The number of unbranched alkanes of at least 4 members (excludes halogenated alkanes) is 2. The van der Waals surface area contributed by atoms with Crippen LogP contribution < -0.4 is 10.6 Å². The highest BCUT2D eigenvalue weighted by molar-refractivity contribution is 5.67. The number of hydrogen-bond donors (Lipinski definition) is 1. The van der Waals surface area contributed by atoms with E-state index < -0.39 is 0 Å². The van der Waals surface area contributed by atoms with E-state index in [-0.39, 0.29) is 0 Å². The van der Waals surface area contributed by atoms with Crippen molar-refractivity contribution < 1.29 is 0 Å². The van der Waals surface area contributed by atoms with Gasteiger partial charge < -0.3 is 10.6 Å². The van der Waals surface area contributed by atoms with Crippen LogP contribution in [0.1, 0.15) is 65.0 Å². The second kappa shape index (κ2) is 7.41. The molecule has 0 saturated heterocycles. The van der Waals surface area contributed by atoms with Crippen LogP contribution in [-0.4, -0.2) is 22.9 Å². The van der Waals surface area contributed by atoms with Crippen LogP contribution >= 0.6 is 0 Å². The third kappa shape index (κ3) is 3.88. The van der Waals surface area contributed by atoms with Crippen molar-refractivity contribution in [1.82, 2.24) is 9.78 Å². The number of nitrogen functional groups attached to an aromatic ring is 1. The number of hydrogen-bond acceptors (Lipinski definition) is 3. The third-order valence-corrected chi connectivity index (χ3v) is 3.49. The Kier molecular flexibility index (Phi) is 6.19. The lowest BCUT2D eigenvalue weighted by Gasteiger charge is -2.25. The van der Waals surface area contributed by atoms with Crippen LogP contribution in [0.5, 0.6) is 0 Å². The second-order valence-electron chi connectivity index (χ2n) is 5.59. The predicted molar refractivity (Wildman–Crippen MR) is 83.7 cm³/mol. The molecule has 1 aromatic heterocycles. The molecule has 0 amide bonds. The van der Waals surface area contributed by atoms with Crippen LogP contribution in [-0.2, 0) is 7.05 Å². The van der Waals surface area contributed by atoms with Gasteiger partial charge in [0.05, 0.1) is 11.4 Å². The van der Waals surface area contributed by atoms with Gasteiger partial charge in [-0.15, -0.1) is 0 Å². The van der Waals surface area contributed by atoms with E-state index in [4.69, 9.17) is 5.73 Å². The minimum Gasteiger partial charge on any atom is -0.394 e. The van der Waals surface area contributed by atoms with Gasteiger partial charge in [0.15, 0.2) is 0 Å². The van der Waals surface area contributed by atoms with Crippen molar-refractivity contribution in [3.63, 3.8) is 0 Å². The van der Waals surface area contributed by atoms with Gasteiger partial charge in [0.2, 0.25) is 0 Å². The zero-order chi connectivity index (χ0) is 14.4. The maximum Gasteiger partial charge on any atom is 0.150 e. The molecule has 2 N–H and O–H groups in total. The first-order valence-corrected chi connectivity index (χ1v) is 7.60. The molecule has 0 aliphatic carbocycles. The zero-order valence-corrected chi connectivity index (χ0v) is 13.2. The fourth-order valence-electron chi connectivity index (χ4n) is 2.37. The maximum absolute atomic E-state index is 6.32. The monoisotopic (exact) mass is 266 g/mol. The van der Waals surface area contributed by atoms with Gasteiger partial charge in [0.1, 0.15) is 5.82 Å². The summed E-state index contributed by atoms with van der Waals surface area (Å²) in [5.41, 5.74) is 8.21. The molecular formula is C15H30N4. The average Bonchev–Trinajstić information content (AvgIpc) is 2.66. The fraction of sp³-hybridized carbons (Fsp3) is 0.800. The first-order valence-electron chi connectivity index (χ1n) is 7.60. The molecule has 1 rings (SSSR count). The normalized spacial score (nSPS) is 11.3. The molecule has 1 heterocycles. The van der Waals surface area contributed by atoms with Gasteiger partial charge in [-0.3, -0.25) is 4.68 Å².